The maximum Gasteiger partial charge on any atom is 0.269 e. The Bertz CT molecular complexity index is 1480. The van der Waals surface area contributed by atoms with Crippen molar-refractivity contribution in [3.05, 3.63) is 105 Å². The summed E-state index contributed by atoms with van der Waals surface area (Å²) in [5.74, 6) is 0.823. The molecule has 1 amide bonds. The standard InChI is InChI=1S/C26H17ClN2O4S/c1-16-14-18(29(31)32)7-10-20(16)23-11-8-19(33-23)9-13-26(30)28-21-4-2-3-5-24(21)34-25-12-6-17(27)15-22(25)28/h2-15H,1H3/b13-9+. The number of halogens is 1. The Hall–Kier alpha value is -3.81. The zero-order valence-corrected chi connectivity index (χ0v) is 19.5. The highest BCUT2D eigenvalue weighted by Crippen LogP contribution is 2.48. The molecule has 0 unspecified atom stereocenters. The first-order valence-corrected chi connectivity index (χ1v) is 11.5. The van der Waals surface area contributed by atoms with Gasteiger partial charge in [-0.2, -0.15) is 0 Å². The second-order valence-electron chi connectivity index (χ2n) is 7.65. The van der Waals surface area contributed by atoms with Crippen molar-refractivity contribution in [3.63, 3.8) is 0 Å². The third kappa shape index (κ3) is 4.11. The summed E-state index contributed by atoms with van der Waals surface area (Å²) in [7, 11) is 0. The van der Waals surface area contributed by atoms with Gasteiger partial charge in [0.1, 0.15) is 11.5 Å². The van der Waals surface area contributed by atoms with Gasteiger partial charge in [0.15, 0.2) is 0 Å². The van der Waals surface area contributed by atoms with Gasteiger partial charge >= 0.3 is 0 Å². The molecule has 2 heterocycles. The first-order valence-electron chi connectivity index (χ1n) is 10.3. The number of furan rings is 1. The number of nitro groups is 1. The molecule has 3 aromatic carbocycles. The third-order valence-electron chi connectivity index (χ3n) is 5.41. The van der Waals surface area contributed by atoms with Crippen molar-refractivity contribution in [1.82, 2.24) is 0 Å². The van der Waals surface area contributed by atoms with Gasteiger partial charge in [0, 0.05) is 38.6 Å². The summed E-state index contributed by atoms with van der Waals surface area (Å²) in [6, 6.07) is 21.4. The number of nitro benzene ring substituents is 1. The summed E-state index contributed by atoms with van der Waals surface area (Å²) in [5.41, 5.74) is 3.03. The molecular formula is C26H17ClN2O4S. The normalized spacial score (nSPS) is 12.5. The summed E-state index contributed by atoms with van der Waals surface area (Å²) < 4.78 is 5.89. The van der Waals surface area contributed by atoms with E-state index in [9.17, 15) is 14.9 Å². The van der Waals surface area contributed by atoms with E-state index in [4.69, 9.17) is 16.0 Å². The number of nitrogens with zero attached hydrogens (tertiary/aromatic N) is 2. The molecule has 0 atom stereocenters. The number of amides is 1. The Morgan fingerprint density at radius 1 is 1.03 bits per heavy atom. The monoisotopic (exact) mass is 488 g/mol. The Labute approximate surface area is 204 Å². The molecule has 0 N–H and O–H groups in total. The zero-order chi connectivity index (χ0) is 23.8. The zero-order valence-electron chi connectivity index (χ0n) is 17.9. The van der Waals surface area contributed by atoms with Crippen LogP contribution in [0, 0.1) is 17.0 Å². The molecule has 1 aliphatic rings. The minimum absolute atomic E-state index is 0.0267. The van der Waals surface area contributed by atoms with Crippen LogP contribution in [-0.4, -0.2) is 10.8 Å². The Morgan fingerprint density at radius 2 is 1.82 bits per heavy atom. The molecule has 8 heteroatoms. The summed E-state index contributed by atoms with van der Waals surface area (Å²) in [6.07, 6.45) is 3.07. The van der Waals surface area contributed by atoms with Gasteiger partial charge in [-0.3, -0.25) is 19.8 Å². The topological polar surface area (TPSA) is 76.6 Å². The molecule has 6 nitrogen and oxygen atoms in total. The molecule has 1 aliphatic heterocycles. The van der Waals surface area contributed by atoms with E-state index in [0.717, 1.165) is 32.3 Å². The van der Waals surface area contributed by atoms with Gasteiger partial charge < -0.3 is 4.42 Å². The number of carbonyl (C=O) groups is 1. The van der Waals surface area contributed by atoms with Crippen LogP contribution < -0.4 is 4.90 Å². The molecule has 168 valence electrons. The highest BCUT2D eigenvalue weighted by Gasteiger charge is 2.27. The fourth-order valence-corrected chi connectivity index (χ4v) is 5.02. The quantitative estimate of drug-likeness (QED) is 0.167. The van der Waals surface area contributed by atoms with E-state index in [1.165, 1.54) is 18.2 Å². The van der Waals surface area contributed by atoms with Gasteiger partial charge in [-0.25, -0.2) is 0 Å². The number of hydrogen-bond acceptors (Lipinski definition) is 5. The van der Waals surface area contributed by atoms with Crippen LogP contribution in [0.15, 0.2) is 93.1 Å². The van der Waals surface area contributed by atoms with Gasteiger partial charge in [0.25, 0.3) is 11.6 Å². The predicted molar refractivity (Wildman–Crippen MR) is 134 cm³/mol. The number of para-hydroxylation sites is 1. The molecule has 0 aliphatic carbocycles. The van der Waals surface area contributed by atoms with E-state index >= 15 is 0 Å². The molecule has 5 rings (SSSR count). The van der Waals surface area contributed by atoms with Crippen molar-refractivity contribution < 1.29 is 14.1 Å². The fourth-order valence-electron chi connectivity index (χ4n) is 3.82. The Morgan fingerprint density at radius 3 is 2.62 bits per heavy atom. The molecule has 0 bridgehead atoms. The maximum absolute atomic E-state index is 13.3. The van der Waals surface area contributed by atoms with Gasteiger partial charge in [-0.1, -0.05) is 35.5 Å². The van der Waals surface area contributed by atoms with Crippen molar-refractivity contribution in [1.29, 1.82) is 0 Å². The number of anilines is 2. The minimum Gasteiger partial charge on any atom is -0.457 e. The number of aryl methyl sites for hydroxylation is 1. The Kier molecular flexibility index (Phi) is 5.73. The summed E-state index contributed by atoms with van der Waals surface area (Å²) >= 11 is 7.82. The molecular weight excluding hydrogens is 472 g/mol. The molecule has 1 aromatic heterocycles. The third-order valence-corrected chi connectivity index (χ3v) is 6.78. The van der Waals surface area contributed by atoms with Crippen LogP contribution in [0.2, 0.25) is 5.02 Å². The van der Waals surface area contributed by atoms with Crippen molar-refractivity contribution in [2.45, 2.75) is 16.7 Å². The fraction of sp³-hybridized carbons (Fsp3) is 0.0385. The predicted octanol–water partition coefficient (Wildman–Crippen LogP) is 7.66. The molecule has 0 saturated carbocycles. The molecule has 34 heavy (non-hydrogen) atoms. The van der Waals surface area contributed by atoms with E-state index in [-0.39, 0.29) is 11.6 Å². The second kappa shape index (κ2) is 8.85. The summed E-state index contributed by atoms with van der Waals surface area (Å²) in [5, 5.41) is 11.5. The van der Waals surface area contributed by atoms with E-state index < -0.39 is 4.92 Å². The lowest BCUT2D eigenvalue weighted by Crippen LogP contribution is -2.26. The van der Waals surface area contributed by atoms with Gasteiger partial charge in [0.2, 0.25) is 0 Å². The first kappa shape index (κ1) is 22.0. The van der Waals surface area contributed by atoms with Gasteiger partial charge in [-0.15, -0.1) is 0 Å². The van der Waals surface area contributed by atoms with Crippen LogP contribution in [0.3, 0.4) is 0 Å². The number of hydrogen-bond donors (Lipinski definition) is 0. The van der Waals surface area contributed by atoms with E-state index in [1.807, 2.05) is 36.4 Å². The lowest BCUT2D eigenvalue weighted by atomic mass is 10.1. The van der Waals surface area contributed by atoms with Crippen molar-refractivity contribution in [2.75, 3.05) is 4.90 Å². The Balaban J connectivity index is 1.44. The van der Waals surface area contributed by atoms with Crippen molar-refractivity contribution in [3.8, 4) is 11.3 Å². The van der Waals surface area contributed by atoms with Gasteiger partial charge in [0.05, 0.1) is 16.3 Å². The van der Waals surface area contributed by atoms with E-state index in [2.05, 4.69) is 0 Å². The summed E-state index contributed by atoms with van der Waals surface area (Å²) in [4.78, 5) is 27.4. The number of carbonyl (C=O) groups excluding carboxylic acids is 1. The molecule has 0 radical (unpaired) electrons. The highest BCUT2D eigenvalue weighted by molar-refractivity contribution is 7.99. The van der Waals surface area contributed by atoms with Crippen LogP contribution in [0.25, 0.3) is 17.4 Å². The number of benzene rings is 3. The van der Waals surface area contributed by atoms with Crippen LogP contribution in [-0.2, 0) is 4.79 Å². The second-order valence-corrected chi connectivity index (χ2v) is 9.17. The average molecular weight is 489 g/mol. The van der Waals surface area contributed by atoms with Crippen molar-refractivity contribution in [2.24, 2.45) is 0 Å². The van der Waals surface area contributed by atoms with Crippen LogP contribution in [0.1, 0.15) is 11.3 Å². The van der Waals surface area contributed by atoms with Crippen LogP contribution in [0.4, 0.5) is 17.1 Å². The lowest BCUT2D eigenvalue weighted by molar-refractivity contribution is -0.384. The van der Waals surface area contributed by atoms with Gasteiger partial charge in [-0.05, 0) is 67.1 Å². The number of fused-ring (bicyclic) bond motifs is 2. The SMILES string of the molecule is Cc1cc([N+](=O)[O-])ccc1-c1ccc(/C=C/C(=O)N2c3ccccc3Sc3ccc(Cl)cc32)o1. The molecule has 4 aromatic rings. The summed E-state index contributed by atoms with van der Waals surface area (Å²) in [6.45, 7) is 1.79. The number of non-ortho nitro benzene ring substituents is 1. The first-order chi connectivity index (χ1) is 16.4. The van der Waals surface area contributed by atoms with E-state index in [1.54, 1.807) is 53.9 Å². The highest BCUT2D eigenvalue weighted by atomic mass is 35.5. The van der Waals surface area contributed by atoms with Crippen LogP contribution in [0.5, 0.6) is 0 Å². The average Bonchev–Trinajstić information content (AvgIpc) is 3.29. The molecule has 0 saturated heterocycles. The number of rotatable bonds is 4. The molecule has 0 fully saturated rings. The minimum atomic E-state index is -0.429. The largest absolute Gasteiger partial charge is 0.457 e. The maximum atomic E-state index is 13.3. The van der Waals surface area contributed by atoms with E-state index in [0.29, 0.717) is 16.5 Å². The van der Waals surface area contributed by atoms with Crippen LogP contribution >= 0.6 is 23.4 Å². The smallest absolute Gasteiger partial charge is 0.269 e. The van der Waals surface area contributed by atoms with Crippen molar-refractivity contribution >= 4 is 52.4 Å². The molecule has 0 spiro atoms. The lowest BCUT2D eigenvalue weighted by Gasteiger charge is -2.30.